The topological polar surface area (TPSA) is 43.4 Å². The van der Waals surface area contributed by atoms with E-state index in [1.54, 1.807) is 36.4 Å². The molecule has 0 radical (unpaired) electrons. The van der Waals surface area contributed by atoms with Gasteiger partial charge in [-0.2, -0.15) is 0 Å². The first-order valence-electron chi connectivity index (χ1n) is 16.1. The molecule has 0 atom stereocenters. The van der Waals surface area contributed by atoms with Gasteiger partial charge in [0.1, 0.15) is 11.5 Å². The molecule has 0 amide bonds. The largest absolute Gasteiger partial charge is 0.457 e. The molecule has 47 heavy (non-hydrogen) atoms. The van der Waals surface area contributed by atoms with E-state index in [4.69, 9.17) is 4.74 Å². The first-order valence-corrected chi connectivity index (χ1v) is 17.6. The minimum atomic E-state index is -3.58. The lowest BCUT2D eigenvalue weighted by Crippen LogP contribution is -2.30. The van der Waals surface area contributed by atoms with E-state index < -0.39 is 9.84 Å². The van der Waals surface area contributed by atoms with Gasteiger partial charge in [-0.05, 0) is 75.3 Å². The van der Waals surface area contributed by atoms with Crippen molar-refractivity contribution >= 4 is 9.84 Å². The van der Waals surface area contributed by atoms with Crippen LogP contribution in [0.2, 0.25) is 0 Å². The third-order valence-electron chi connectivity index (χ3n) is 10.3. The second-order valence-corrected chi connectivity index (χ2v) is 15.7. The van der Waals surface area contributed by atoms with E-state index in [1.807, 2.05) is 18.2 Å². The van der Waals surface area contributed by atoms with E-state index in [0.717, 1.165) is 33.8 Å². The molecule has 0 aromatic heterocycles. The van der Waals surface area contributed by atoms with Crippen LogP contribution in [-0.2, 0) is 20.7 Å². The van der Waals surface area contributed by atoms with E-state index in [1.165, 1.54) is 27.8 Å². The Morgan fingerprint density at radius 2 is 0.979 bits per heavy atom. The first-order chi connectivity index (χ1) is 22.6. The molecule has 6 aromatic carbocycles. The summed E-state index contributed by atoms with van der Waals surface area (Å²) in [6.45, 7) is 9.15. The van der Waals surface area contributed by atoms with Gasteiger partial charge >= 0.3 is 0 Å². The summed E-state index contributed by atoms with van der Waals surface area (Å²) in [4.78, 5) is 0.567. The van der Waals surface area contributed by atoms with Gasteiger partial charge in [-0.25, -0.2) is 8.42 Å². The highest BCUT2D eigenvalue weighted by Crippen LogP contribution is 2.53. The monoisotopic (exact) mass is 632 g/mol. The predicted molar refractivity (Wildman–Crippen MR) is 188 cm³/mol. The SMILES string of the molecule is CC1(C)c2ccc(-c3ccc(S(=O)(=O)c4ccccc4)cc3)cc2Oc2cc(C3c4ccccc4C(C)(C)c4ccccc43)ccc21. The molecule has 6 aromatic rings. The van der Waals surface area contributed by atoms with Crippen LogP contribution in [0.5, 0.6) is 11.5 Å². The van der Waals surface area contributed by atoms with Crippen LogP contribution in [0, 0.1) is 0 Å². The molecule has 0 N–H and O–H groups in total. The summed E-state index contributed by atoms with van der Waals surface area (Å²) < 4.78 is 33.1. The van der Waals surface area contributed by atoms with Gasteiger partial charge < -0.3 is 4.74 Å². The van der Waals surface area contributed by atoms with Gasteiger partial charge in [-0.1, -0.05) is 131 Å². The number of ether oxygens (including phenoxy) is 1. The lowest BCUT2D eigenvalue weighted by atomic mass is 9.63. The van der Waals surface area contributed by atoms with Gasteiger partial charge in [0.2, 0.25) is 9.84 Å². The second-order valence-electron chi connectivity index (χ2n) is 13.8. The molecule has 1 aliphatic heterocycles. The molecule has 8 rings (SSSR count). The third-order valence-corrected chi connectivity index (χ3v) is 12.1. The highest BCUT2D eigenvalue weighted by molar-refractivity contribution is 7.91. The molecule has 4 heteroatoms. The Bertz CT molecular complexity index is 2230. The van der Waals surface area contributed by atoms with Crippen molar-refractivity contribution in [3.05, 3.63) is 178 Å². The van der Waals surface area contributed by atoms with Gasteiger partial charge in [0.25, 0.3) is 0 Å². The second kappa shape index (κ2) is 10.5. The summed E-state index contributed by atoms with van der Waals surface area (Å²) in [6, 6.07) is 46.5. The van der Waals surface area contributed by atoms with Crippen molar-refractivity contribution in [3.8, 4) is 22.6 Å². The minimum Gasteiger partial charge on any atom is -0.457 e. The fourth-order valence-electron chi connectivity index (χ4n) is 7.76. The molecule has 0 unspecified atom stereocenters. The van der Waals surface area contributed by atoms with Crippen molar-refractivity contribution in [1.82, 2.24) is 0 Å². The van der Waals surface area contributed by atoms with Crippen LogP contribution in [0.1, 0.15) is 72.6 Å². The maximum absolute atomic E-state index is 13.2. The number of benzene rings is 6. The summed E-state index contributed by atoms with van der Waals surface area (Å²) in [5.41, 5.74) is 10.4. The van der Waals surface area contributed by atoms with Crippen LogP contribution in [0.15, 0.2) is 149 Å². The van der Waals surface area contributed by atoms with Crippen LogP contribution in [-0.4, -0.2) is 8.42 Å². The quantitative estimate of drug-likeness (QED) is 0.194. The van der Waals surface area contributed by atoms with E-state index >= 15 is 0 Å². The van der Waals surface area contributed by atoms with Crippen LogP contribution < -0.4 is 4.74 Å². The third kappa shape index (κ3) is 4.57. The zero-order valence-corrected chi connectivity index (χ0v) is 27.8. The van der Waals surface area contributed by atoms with Crippen LogP contribution >= 0.6 is 0 Å². The Kier molecular flexibility index (Phi) is 6.61. The molecule has 0 saturated carbocycles. The number of sulfone groups is 1. The van der Waals surface area contributed by atoms with Gasteiger partial charge in [0.05, 0.1) is 9.79 Å². The van der Waals surface area contributed by atoms with Crippen molar-refractivity contribution < 1.29 is 13.2 Å². The van der Waals surface area contributed by atoms with Crippen molar-refractivity contribution in [3.63, 3.8) is 0 Å². The van der Waals surface area contributed by atoms with Crippen LogP contribution in [0.3, 0.4) is 0 Å². The van der Waals surface area contributed by atoms with Crippen molar-refractivity contribution in [1.29, 1.82) is 0 Å². The Labute approximate surface area is 277 Å². The lowest BCUT2D eigenvalue weighted by Gasteiger charge is -2.40. The Morgan fingerprint density at radius 3 is 1.62 bits per heavy atom. The molecule has 0 bridgehead atoms. The van der Waals surface area contributed by atoms with Gasteiger partial charge in [-0.3, -0.25) is 0 Å². The molecular formula is C43H36O3S. The van der Waals surface area contributed by atoms with Crippen LogP contribution in [0.25, 0.3) is 11.1 Å². The average molecular weight is 633 g/mol. The molecular weight excluding hydrogens is 597 g/mol. The van der Waals surface area contributed by atoms with Gasteiger partial charge in [0.15, 0.2) is 0 Å². The number of rotatable bonds is 4. The lowest BCUT2D eigenvalue weighted by molar-refractivity contribution is 0.417. The zero-order valence-electron chi connectivity index (χ0n) is 27.0. The molecule has 3 nitrogen and oxygen atoms in total. The predicted octanol–water partition coefficient (Wildman–Crippen LogP) is 10.4. The summed E-state index contributed by atoms with van der Waals surface area (Å²) in [7, 11) is -3.58. The minimum absolute atomic E-state index is 0.0876. The van der Waals surface area contributed by atoms with E-state index in [-0.39, 0.29) is 21.6 Å². The molecule has 0 spiro atoms. The summed E-state index contributed by atoms with van der Waals surface area (Å²) in [5, 5.41) is 0. The summed E-state index contributed by atoms with van der Waals surface area (Å²) in [5.74, 6) is 1.80. The number of hydrogen-bond donors (Lipinski definition) is 0. The zero-order chi connectivity index (χ0) is 32.6. The molecule has 1 aliphatic carbocycles. The Hall–Kier alpha value is -4.93. The van der Waals surface area contributed by atoms with Crippen molar-refractivity contribution in [2.75, 3.05) is 0 Å². The highest BCUT2D eigenvalue weighted by Gasteiger charge is 2.39. The van der Waals surface area contributed by atoms with Gasteiger partial charge in [0, 0.05) is 27.9 Å². The van der Waals surface area contributed by atoms with Crippen molar-refractivity contribution in [2.24, 2.45) is 0 Å². The first kappa shape index (κ1) is 29.5. The van der Waals surface area contributed by atoms with Crippen molar-refractivity contribution in [2.45, 2.75) is 54.2 Å². The highest BCUT2D eigenvalue weighted by atomic mass is 32.2. The van der Waals surface area contributed by atoms with E-state index in [9.17, 15) is 8.42 Å². The summed E-state index contributed by atoms with van der Waals surface area (Å²) in [6.07, 6.45) is 0. The molecule has 232 valence electrons. The fourth-order valence-corrected chi connectivity index (χ4v) is 9.04. The molecule has 2 aliphatic rings. The smallest absolute Gasteiger partial charge is 0.206 e. The maximum Gasteiger partial charge on any atom is 0.206 e. The Morgan fingerprint density at radius 1 is 0.489 bits per heavy atom. The maximum atomic E-state index is 13.2. The van der Waals surface area contributed by atoms with Crippen LogP contribution in [0.4, 0.5) is 0 Å². The van der Waals surface area contributed by atoms with E-state index in [2.05, 4.69) is 113 Å². The fraction of sp³-hybridized carbons (Fsp3) is 0.163. The normalized spacial score (nSPS) is 15.8. The standard InChI is InChI=1S/C43H36O3S/c1-42(2)35-16-10-8-14-33(35)41(34-15-9-11-17-36(34)42)30-21-25-38-40(27-30)46-39-26-29(20-24-37(39)43(38,3)4)28-18-22-32(23-19-28)47(44,45)31-12-6-5-7-13-31/h5-27,41H,1-4H3. The number of hydrogen-bond acceptors (Lipinski definition) is 3. The Balaban J connectivity index is 1.17. The van der Waals surface area contributed by atoms with E-state index in [0.29, 0.717) is 4.90 Å². The summed E-state index contributed by atoms with van der Waals surface area (Å²) >= 11 is 0. The molecule has 0 saturated heterocycles. The molecule has 1 heterocycles. The average Bonchev–Trinajstić information content (AvgIpc) is 3.08. The molecule has 0 fully saturated rings. The van der Waals surface area contributed by atoms with Gasteiger partial charge in [-0.15, -0.1) is 0 Å². The number of fused-ring (bicyclic) bond motifs is 4.